The molecule has 2 bridgehead atoms. The lowest BCUT2D eigenvalue weighted by Gasteiger charge is -2.36. The number of nitrogens with one attached hydrogen (secondary N) is 1. The third kappa shape index (κ3) is 4.22. The van der Waals surface area contributed by atoms with Crippen LogP contribution in [0, 0.1) is 11.8 Å². The highest BCUT2D eigenvalue weighted by Crippen LogP contribution is 2.67. The number of esters is 1. The summed E-state index contributed by atoms with van der Waals surface area (Å²) in [5, 5.41) is 12.3. The van der Waals surface area contributed by atoms with Crippen LogP contribution in [0.25, 0.3) is 0 Å². The molecule has 180 valence electrons. The zero-order chi connectivity index (χ0) is 22.9. The van der Waals surface area contributed by atoms with Gasteiger partial charge < -0.3 is 20.1 Å². The first-order chi connectivity index (χ1) is 15.4. The molecule has 4 rings (SSSR count). The molecule has 3 heterocycles. The van der Waals surface area contributed by atoms with E-state index in [1.165, 1.54) is 6.42 Å². The molecule has 1 aliphatic carbocycles. The number of unbranched alkanes of at least 4 members (excludes halogenated alkanes) is 2. The molecule has 0 radical (unpaired) electrons. The number of alkyl halides is 1. The van der Waals surface area contributed by atoms with Gasteiger partial charge in [0.15, 0.2) is 0 Å². The van der Waals surface area contributed by atoms with Gasteiger partial charge in [0.1, 0.15) is 6.04 Å². The molecule has 0 aromatic rings. The van der Waals surface area contributed by atoms with Gasteiger partial charge in [-0.1, -0.05) is 35.2 Å². The number of hydrogen-bond donors (Lipinski definition) is 2. The van der Waals surface area contributed by atoms with E-state index in [1.54, 1.807) is 23.6 Å². The van der Waals surface area contributed by atoms with E-state index in [2.05, 4.69) is 21.2 Å². The SMILES string of the molecule is CCOC(=O)[C@H]1[C@@H]2SC3(CC2Br)C(C(=O)NC2CCCCC2)N(CCCCCO)C(=O)[C@H]13. The molecule has 3 unspecified atom stereocenters. The van der Waals surface area contributed by atoms with Crippen molar-refractivity contribution in [2.24, 2.45) is 11.8 Å². The normalized spacial score (nSPS) is 36.4. The second kappa shape index (κ2) is 10.2. The van der Waals surface area contributed by atoms with Crippen molar-refractivity contribution >= 4 is 45.5 Å². The van der Waals surface area contributed by atoms with Gasteiger partial charge in [0.2, 0.25) is 11.8 Å². The third-order valence-electron chi connectivity index (χ3n) is 7.60. The van der Waals surface area contributed by atoms with Crippen LogP contribution in [0.1, 0.15) is 64.7 Å². The number of hydrogen-bond acceptors (Lipinski definition) is 6. The van der Waals surface area contributed by atoms with E-state index in [-0.39, 0.29) is 47.1 Å². The van der Waals surface area contributed by atoms with E-state index in [9.17, 15) is 14.4 Å². The Hall–Kier alpha value is -0.800. The van der Waals surface area contributed by atoms with Gasteiger partial charge in [0.25, 0.3) is 0 Å². The second-order valence-electron chi connectivity index (χ2n) is 9.57. The lowest BCUT2D eigenvalue weighted by atomic mass is 9.71. The number of rotatable bonds is 9. The van der Waals surface area contributed by atoms with Crippen LogP contribution in [0.2, 0.25) is 0 Å². The molecule has 1 spiro atoms. The average Bonchev–Trinajstić information content (AvgIpc) is 3.35. The van der Waals surface area contributed by atoms with Gasteiger partial charge >= 0.3 is 5.97 Å². The van der Waals surface area contributed by atoms with Gasteiger partial charge in [-0.2, -0.15) is 0 Å². The van der Waals surface area contributed by atoms with E-state index < -0.39 is 22.6 Å². The summed E-state index contributed by atoms with van der Waals surface area (Å²) < 4.78 is 4.78. The monoisotopic (exact) mass is 530 g/mol. The van der Waals surface area contributed by atoms with Gasteiger partial charge in [0, 0.05) is 29.3 Å². The number of aliphatic hydroxyl groups excluding tert-OH is 1. The summed E-state index contributed by atoms with van der Waals surface area (Å²) in [6, 6.07) is -0.396. The maximum absolute atomic E-state index is 13.7. The number of likely N-dealkylation sites (tertiary alicyclic amines) is 1. The molecule has 2 amide bonds. The van der Waals surface area contributed by atoms with Crippen LogP contribution in [-0.4, -0.2) is 74.5 Å². The smallest absolute Gasteiger partial charge is 0.310 e. The van der Waals surface area contributed by atoms with E-state index in [1.807, 2.05) is 0 Å². The molecule has 4 fully saturated rings. The lowest BCUT2D eigenvalue weighted by molar-refractivity contribution is -0.153. The molecule has 7 nitrogen and oxygen atoms in total. The number of fused-ring (bicyclic) bond motifs is 1. The number of halogens is 1. The highest BCUT2D eigenvalue weighted by atomic mass is 79.9. The third-order valence-corrected chi connectivity index (χ3v) is 10.8. The highest BCUT2D eigenvalue weighted by molar-refractivity contribution is 9.09. The van der Waals surface area contributed by atoms with Crippen molar-refractivity contribution in [1.29, 1.82) is 0 Å². The molecule has 32 heavy (non-hydrogen) atoms. The Morgan fingerprint density at radius 3 is 2.69 bits per heavy atom. The first-order valence-corrected chi connectivity index (χ1v) is 13.9. The summed E-state index contributed by atoms with van der Waals surface area (Å²) in [4.78, 5) is 42.2. The number of carbonyl (C=O) groups excluding carboxylic acids is 3. The average molecular weight is 532 g/mol. The second-order valence-corrected chi connectivity index (χ2v) is 12.3. The molecule has 0 aromatic carbocycles. The van der Waals surface area contributed by atoms with Crippen LogP contribution in [-0.2, 0) is 19.1 Å². The first kappa shape index (κ1) is 24.3. The maximum Gasteiger partial charge on any atom is 0.310 e. The predicted octanol–water partition coefficient (Wildman–Crippen LogP) is 2.63. The van der Waals surface area contributed by atoms with Gasteiger partial charge in [-0.05, 0) is 45.4 Å². The minimum absolute atomic E-state index is 0.0514. The zero-order valence-electron chi connectivity index (χ0n) is 18.8. The number of carbonyl (C=O) groups is 3. The number of ether oxygens (including phenoxy) is 1. The molecular weight excluding hydrogens is 496 g/mol. The Balaban J connectivity index is 1.62. The number of nitrogens with zero attached hydrogens (tertiary/aromatic N) is 1. The van der Waals surface area contributed by atoms with Crippen molar-refractivity contribution in [3.05, 3.63) is 0 Å². The number of amides is 2. The predicted molar refractivity (Wildman–Crippen MR) is 127 cm³/mol. The Morgan fingerprint density at radius 2 is 2.00 bits per heavy atom. The van der Waals surface area contributed by atoms with Crippen molar-refractivity contribution in [2.75, 3.05) is 19.8 Å². The summed E-state index contributed by atoms with van der Waals surface area (Å²) in [6.07, 6.45) is 8.35. The van der Waals surface area contributed by atoms with E-state index in [0.717, 1.165) is 38.5 Å². The minimum atomic E-state index is -0.594. The summed E-state index contributed by atoms with van der Waals surface area (Å²) in [5.41, 5.74) is 0. The Morgan fingerprint density at radius 1 is 1.25 bits per heavy atom. The molecule has 4 aliphatic rings. The topological polar surface area (TPSA) is 95.9 Å². The maximum atomic E-state index is 13.7. The van der Waals surface area contributed by atoms with Gasteiger partial charge in [0.05, 0.1) is 23.2 Å². The summed E-state index contributed by atoms with van der Waals surface area (Å²) in [7, 11) is 0. The van der Waals surface area contributed by atoms with Crippen LogP contribution in [0.5, 0.6) is 0 Å². The van der Waals surface area contributed by atoms with Crippen molar-refractivity contribution in [2.45, 2.75) is 91.6 Å². The molecule has 6 atom stereocenters. The summed E-state index contributed by atoms with van der Waals surface area (Å²) in [6.45, 7) is 2.67. The highest BCUT2D eigenvalue weighted by Gasteiger charge is 2.75. The Bertz CT molecular complexity index is 733. The molecule has 1 saturated carbocycles. The molecule has 9 heteroatoms. The molecule has 3 aliphatic heterocycles. The van der Waals surface area contributed by atoms with Gasteiger partial charge in [-0.15, -0.1) is 11.8 Å². The molecule has 3 saturated heterocycles. The zero-order valence-corrected chi connectivity index (χ0v) is 21.2. The van der Waals surface area contributed by atoms with Crippen molar-refractivity contribution < 1.29 is 24.2 Å². The number of thioether (sulfide) groups is 1. The van der Waals surface area contributed by atoms with Gasteiger partial charge in [-0.25, -0.2) is 0 Å². The molecule has 0 aromatic heterocycles. The fourth-order valence-corrected chi connectivity index (χ4v) is 9.88. The largest absolute Gasteiger partial charge is 0.466 e. The van der Waals surface area contributed by atoms with Gasteiger partial charge in [-0.3, -0.25) is 14.4 Å². The molecule has 2 N–H and O–H groups in total. The van der Waals surface area contributed by atoms with E-state index in [4.69, 9.17) is 9.84 Å². The fourth-order valence-electron chi connectivity index (χ4n) is 6.28. The van der Waals surface area contributed by atoms with Crippen molar-refractivity contribution in [3.8, 4) is 0 Å². The summed E-state index contributed by atoms with van der Waals surface area (Å²) in [5.74, 6) is -1.48. The van der Waals surface area contributed by atoms with Crippen LogP contribution >= 0.6 is 27.7 Å². The standard InChI is InChI=1S/C23H35BrN2O5S/c1-2-31-22(30)16-17-21(29)26(11-7-4-8-12-27)19(23(17)13-15(24)18(16)32-23)20(28)25-14-9-5-3-6-10-14/h14-19,27H,2-13H2,1H3,(H,25,28)/t15?,16-,17+,18-,19?,23?/m1/s1. The van der Waals surface area contributed by atoms with Crippen LogP contribution in [0.3, 0.4) is 0 Å². The Labute approximate surface area is 202 Å². The van der Waals surface area contributed by atoms with Crippen LogP contribution in [0.15, 0.2) is 0 Å². The quantitative estimate of drug-likeness (QED) is 0.270. The van der Waals surface area contributed by atoms with E-state index in [0.29, 0.717) is 19.4 Å². The molecular formula is C23H35BrN2O5S. The van der Waals surface area contributed by atoms with Crippen LogP contribution in [0.4, 0.5) is 0 Å². The lowest BCUT2D eigenvalue weighted by Crippen LogP contribution is -2.56. The fraction of sp³-hybridized carbons (Fsp3) is 0.870. The van der Waals surface area contributed by atoms with E-state index >= 15 is 0 Å². The summed E-state index contributed by atoms with van der Waals surface area (Å²) >= 11 is 5.42. The Kier molecular flexibility index (Phi) is 7.77. The van der Waals surface area contributed by atoms with Crippen molar-refractivity contribution in [3.63, 3.8) is 0 Å². The minimum Gasteiger partial charge on any atom is -0.466 e. The van der Waals surface area contributed by atoms with Crippen LogP contribution < -0.4 is 5.32 Å². The first-order valence-electron chi connectivity index (χ1n) is 12.1. The van der Waals surface area contributed by atoms with Crippen molar-refractivity contribution in [1.82, 2.24) is 10.2 Å². The number of aliphatic hydroxyl groups is 1.